The molecule has 0 radical (unpaired) electrons. The maximum Gasteiger partial charge on any atom is 0.143 e. The van der Waals surface area contributed by atoms with Gasteiger partial charge in [0.25, 0.3) is 0 Å². The van der Waals surface area contributed by atoms with Crippen molar-refractivity contribution in [3.8, 4) is 0 Å². The van der Waals surface area contributed by atoms with Crippen LogP contribution in [0, 0.1) is 5.92 Å². The molecule has 1 fully saturated rings. The largest absolute Gasteiger partial charge is 0.371 e. The van der Waals surface area contributed by atoms with Crippen LogP contribution in [0.2, 0.25) is 0 Å². The van der Waals surface area contributed by atoms with E-state index in [1.165, 1.54) is 0 Å². The Labute approximate surface area is 132 Å². The molecule has 1 aliphatic carbocycles. The molecule has 3 rings (SSSR count). The van der Waals surface area contributed by atoms with E-state index in [0.717, 1.165) is 5.56 Å². The first kappa shape index (κ1) is 9.34. The summed E-state index contributed by atoms with van der Waals surface area (Å²) in [6.07, 6.45) is -1.86. The molecule has 0 spiro atoms. The highest BCUT2D eigenvalue weighted by Crippen LogP contribution is 2.21. The number of hydrogen-bond donors (Lipinski definition) is 0. The van der Waals surface area contributed by atoms with Crippen LogP contribution in [-0.2, 0) is 20.7 Å². The Bertz CT molecular complexity index is 757. The zero-order chi connectivity index (χ0) is 18.9. The Morgan fingerprint density at radius 1 is 1.33 bits per heavy atom. The minimum Gasteiger partial charge on any atom is -0.371 e. The summed E-state index contributed by atoms with van der Waals surface area (Å²) in [5.41, 5.74) is 0.948. The second kappa shape index (κ2) is 6.83. The van der Waals surface area contributed by atoms with Crippen LogP contribution in [0.3, 0.4) is 0 Å². The van der Waals surface area contributed by atoms with Gasteiger partial charge in [0.1, 0.15) is 11.9 Å². The summed E-state index contributed by atoms with van der Waals surface area (Å²) in [5.74, 6) is -1.83. The minimum atomic E-state index is -2.17. The molecule has 0 saturated carbocycles. The monoisotopic (exact) mass is 289 g/mol. The Kier molecular flexibility index (Phi) is 3.04. The summed E-state index contributed by atoms with van der Waals surface area (Å²) >= 11 is 0. The molecule has 0 amide bonds. The lowest BCUT2D eigenvalue weighted by Crippen LogP contribution is -2.30. The predicted octanol–water partition coefficient (Wildman–Crippen LogP) is 2.71. The van der Waals surface area contributed by atoms with Crippen LogP contribution >= 0.6 is 0 Å². The van der Waals surface area contributed by atoms with Gasteiger partial charge >= 0.3 is 0 Å². The van der Waals surface area contributed by atoms with Gasteiger partial charge in [-0.05, 0) is 12.0 Å². The van der Waals surface area contributed by atoms with Crippen molar-refractivity contribution in [2.75, 3.05) is 13.2 Å². The number of carbonyl (C=O) groups excluding carboxylic acids is 1. The third kappa shape index (κ3) is 4.13. The molecule has 0 bridgehead atoms. The maximum absolute atomic E-state index is 12.8. The molecule has 110 valence electrons. The summed E-state index contributed by atoms with van der Waals surface area (Å²) in [4.78, 5) is 12.8. The van der Waals surface area contributed by atoms with E-state index in [1.54, 1.807) is 0 Å². The highest BCUT2D eigenvalue weighted by atomic mass is 16.6. The van der Waals surface area contributed by atoms with Gasteiger partial charge in [-0.1, -0.05) is 54.5 Å². The highest BCUT2D eigenvalue weighted by molar-refractivity contribution is 5.84. The Balaban J connectivity index is 1.83. The average molecular weight is 289 g/mol. The second-order valence-electron chi connectivity index (χ2n) is 5.03. The Morgan fingerprint density at radius 3 is 2.86 bits per heavy atom. The fourth-order valence-electron chi connectivity index (χ4n) is 2.09. The number of carbonyl (C=O) groups is 1. The van der Waals surface area contributed by atoms with E-state index in [2.05, 4.69) is 0 Å². The normalized spacial score (nSPS) is 35.5. The summed E-state index contributed by atoms with van der Waals surface area (Å²) in [6.45, 7) is 0.503. The molecule has 1 aromatic carbocycles. The number of aryl methyl sites for hydroxylation is 1. The van der Waals surface area contributed by atoms with Gasteiger partial charge in [0.05, 0.1) is 32.1 Å². The van der Waals surface area contributed by atoms with Crippen LogP contribution < -0.4 is 0 Å². The minimum absolute atomic E-state index is 0.0161. The second-order valence-corrected chi connectivity index (χ2v) is 5.03. The van der Waals surface area contributed by atoms with Crippen LogP contribution in [0.4, 0.5) is 0 Å². The number of allylic oxidation sites excluding steroid dienone is 2. The third-order valence-electron chi connectivity index (χ3n) is 3.38. The van der Waals surface area contributed by atoms with Crippen molar-refractivity contribution >= 4 is 5.78 Å². The average Bonchev–Trinajstić information content (AvgIpc) is 3.47. The zero-order valence-electron chi connectivity index (χ0n) is 16.6. The van der Waals surface area contributed by atoms with E-state index in [0.29, 0.717) is 13.0 Å². The van der Waals surface area contributed by atoms with Gasteiger partial charge in [-0.25, -0.2) is 0 Å². The lowest BCUT2D eigenvalue weighted by atomic mass is 9.90. The predicted molar refractivity (Wildman–Crippen MR) is 81.0 cm³/mol. The van der Waals surface area contributed by atoms with E-state index in [-0.39, 0.29) is 19.1 Å². The molecule has 1 aliphatic heterocycles. The highest BCUT2D eigenvalue weighted by Gasteiger charge is 2.29. The van der Waals surface area contributed by atoms with Gasteiger partial charge in [0.2, 0.25) is 0 Å². The molecule has 0 N–H and O–H groups in total. The van der Waals surface area contributed by atoms with Crippen LogP contribution in [0.1, 0.15) is 18.8 Å². The van der Waals surface area contributed by atoms with E-state index in [9.17, 15) is 4.79 Å². The molecule has 1 saturated heterocycles. The fourth-order valence-corrected chi connectivity index (χ4v) is 2.09. The van der Waals surface area contributed by atoms with Gasteiger partial charge in [0.15, 0.2) is 0 Å². The molecule has 3 unspecified atom stereocenters. The van der Waals surface area contributed by atoms with Crippen molar-refractivity contribution < 1.29 is 21.1 Å². The van der Waals surface area contributed by atoms with Crippen LogP contribution in [0.15, 0.2) is 54.5 Å². The molecule has 3 atom stereocenters. The number of rotatable bonds is 7. The van der Waals surface area contributed by atoms with E-state index < -0.39 is 42.0 Å². The first-order chi connectivity index (χ1) is 12.3. The number of benzene rings is 1. The number of ketones is 1. The molecule has 2 aliphatic rings. The fraction of sp³-hybridized carbons (Fsp3) is 0.389. The summed E-state index contributed by atoms with van der Waals surface area (Å²) in [6, 6.07) is 7.33. The molecule has 1 aromatic rings. The Hall–Kier alpha value is -1.71. The van der Waals surface area contributed by atoms with Gasteiger partial charge in [-0.2, -0.15) is 0 Å². The third-order valence-corrected chi connectivity index (χ3v) is 3.38. The lowest BCUT2D eigenvalue weighted by Gasteiger charge is -2.23. The SMILES string of the molecule is [2H]C1=C([2H])C(C(=O)CCc2ccccc2)C([2H])(OCC2CO2)C([2H])=C1[2H]. The van der Waals surface area contributed by atoms with Crippen molar-refractivity contribution in [3.05, 3.63) is 60.1 Å². The standard InChI is InChI=1S/C18H20O3/c19-17(11-10-14-6-2-1-3-7-14)16-8-4-5-9-18(16)21-13-15-12-20-15/h1-9,15-16,18H,10-13H2/i4D,5D,8D,9D,18D. The summed E-state index contributed by atoms with van der Waals surface area (Å²) < 4.78 is 51.0. The quantitative estimate of drug-likeness (QED) is 0.724. The van der Waals surface area contributed by atoms with Gasteiger partial charge in [-0.15, -0.1) is 0 Å². The molecule has 0 aromatic heterocycles. The van der Waals surface area contributed by atoms with Crippen molar-refractivity contribution in [1.82, 2.24) is 0 Å². The van der Waals surface area contributed by atoms with Gasteiger partial charge in [-0.3, -0.25) is 4.79 Å². The number of Topliss-reactive ketones (excluding diaryl/α,β-unsaturated/α-hetero) is 1. The van der Waals surface area contributed by atoms with Crippen molar-refractivity contribution in [1.29, 1.82) is 0 Å². The number of epoxide rings is 1. The van der Waals surface area contributed by atoms with E-state index in [4.69, 9.17) is 16.3 Å². The molecular weight excluding hydrogens is 264 g/mol. The van der Waals surface area contributed by atoms with Crippen molar-refractivity contribution in [2.45, 2.75) is 25.0 Å². The summed E-state index contributed by atoms with van der Waals surface area (Å²) in [7, 11) is 0. The van der Waals surface area contributed by atoms with Crippen LogP contribution in [-0.4, -0.2) is 31.2 Å². The van der Waals surface area contributed by atoms with E-state index in [1.807, 2.05) is 30.3 Å². The molecular formula is C18H20O3. The molecule has 1 heterocycles. The Morgan fingerprint density at radius 2 is 2.10 bits per heavy atom. The van der Waals surface area contributed by atoms with Gasteiger partial charge in [0, 0.05) is 6.42 Å². The van der Waals surface area contributed by atoms with Crippen LogP contribution in [0.25, 0.3) is 0 Å². The first-order valence-electron chi connectivity index (χ1n) is 9.52. The topological polar surface area (TPSA) is 38.8 Å². The molecule has 3 nitrogen and oxygen atoms in total. The first-order valence-corrected chi connectivity index (χ1v) is 7.02. The van der Waals surface area contributed by atoms with Crippen molar-refractivity contribution in [3.63, 3.8) is 0 Å². The smallest absolute Gasteiger partial charge is 0.143 e. The van der Waals surface area contributed by atoms with E-state index >= 15 is 0 Å². The lowest BCUT2D eigenvalue weighted by molar-refractivity contribution is -0.124. The maximum atomic E-state index is 12.8. The van der Waals surface area contributed by atoms with Crippen LogP contribution in [0.5, 0.6) is 0 Å². The van der Waals surface area contributed by atoms with Gasteiger partial charge < -0.3 is 9.47 Å². The molecule has 21 heavy (non-hydrogen) atoms. The zero-order valence-corrected chi connectivity index (χ0v) is 11.6. The number of hydrogen-bond acceptors (Lipinski definition) is 3. The molecule has 3 heteroatoms. The summed E-state index contributed by atoms with van der Waals surface area (Å²) in [5, 5.41) is 0. The van der Waals surface area contributed by atoms with Crippen molar-refractivity contribution in [2.24, 2.45) is 5.92 Å². The number of ether oxygens (including phenoxy) is 2.